The number of hydrogen-bond acceptors (Lipinski definition) is 6. The fourth-order valence-electron chi connectivity index (χ4n) is 6.29. The zero-order chi connectivity index (χ0) is 33.3. The van der Waals surface area contributed by atoms with Crippen LogP contribution in [-0.4, -0.2) is 66.2 Å². The number of aromatic nitrogens is 4. The van der Waals surface area contributed by atoms with Gasteiger partial charge in [0.1, 0.15) is 22.9 Å². The van der Waals surface area contributed by atoms with Crippen LogP contribution in [0.4, 0.5) is 9.59 Å². The van der Waals surface area contributed by atoms with Gasteiger partial charge in [-0.05, 0) is 102 Å². The van der Waals surface area contributed by atoms with Crippen molar-refractivity contribution < 1.29 is 19.1 Å². The van der Waals surface area contributed by atoms with Crippen molar-refractivity contribution in [1.29, 1.82) is 0 Å². The van der Waals surface area contributed by atoms with Crippen LogP contribution < -0.4 is 0 Å². The molecular weight excluding hydrogens is 592 g/mol. The first kappa shape index (κ1) is 32.3. The molecule has 2 aliphatic rings. The smallest absolute Gasteiger partial charge is 0.410 e. The highest BCUT2D eigenvalue weighted by molar-refractivity contribution is 5.79. The maximum Gasteiger partial charge on any atom is 0.410 e. The lowest BCUT2D eigenvalue weighted by molar-refractivity contribution is 0.0208. The van der Waals surface area contributed by atoms with Crippen LogP contribution >= 0.6 is 0 Å². The summed E-state index contributed by atoms with van der Waals surface area (Å²) in [5.41, 5.74) is 5.01. The molecule has 1 unspecified atom stereocenters. The minimum absolute atomic E-state index is 0.107. The molecule has 2 amide bonds. The molecule has 2 N–H and O–H groups in total. The van der Waals surface area contributed by atoms with Crippen molar-refractivity contribution in [3.8, 4) is 11.3 Å². The van der Waals surface area contributed by atoms with Gasteiger partial charge in [0.2, 0.25) is 0 Å². The van der Waals surface area contributed by atoms with Gasteiger partial charge in [-0.2, -0.15) is 0 Å². The van der Waals surface area contributed by atoms with Gasteiger partial charge in [-0.1, -0.05) is 42.5 Å². The molecule has 2 aromatic carbocycles. The Morgan fingerprint density at radius 3 is 2.09 bits per heavy atom. The summed E-state index contributed by atoms with van der Waals surface area (Å²) in [6.07, 6.45) is 9.89. The van der Waals surface area contributed by atoms with Gasteiger partial charge >= 0.3 is 12.2 Å². The number of fused-ring (bicyclic) bond motifs is 1. The van der Waals surface area contributed by atoms with Crippen LogP contribution in [0.5, 0.6) is 0 Å². The van der Waals surface area contributed by atoms with Crippen LogP contribution in [0.15, 0.2) is 54.7 Å². The van der Waals surface area contributed by atoms with E-state index in [9.17, 15) is 9.59 Å². The van der Waals surface area contributed by atoms with Crippen LogP contribution in [0.2, 0.25) is 0 Å². The van der Waals surface area contributed by atoms with Crippen LogP contribution in [0.3, 0.4) is 0 Å². The number of hydrogen-bond donors (Lipinski definition) is 2. The van der Waals surface area contributed by atoms with Gasteiger partial charge in [0, 0.05) is 13.1 Å². The lowest BCUT2D eigenvalue weighted by atomic mass is 10.1. The van der Waals surface area contributed by atoms with Gasteiger partial charge in [0.15, 0.2) is 0 Å². The van der Waals surface area contributed by atoms with Crippen molar-refractivity contribution >= 4 is 29.3 Å². The molecule has 2 aliphatic heterocycles. The number of nitrogens with one attached hydrogen (secondary N) is 2. The van der Waals surface area contributed by atoms with E-state index in [4.69, 9.17) is 14.5 Å². The Labute approximate surface area is 276 Å². The molecule has 2 saturated heterocycles. The highest BCUT2D eigenvalue weighted by Crippen LogP contribution is 2.34. The zero-order valence-electron chi connectivity index (χ0n) is 28.3. The van der Waals surface area contributed by atoms with E-state index in [0.29, 0.717) is 13.1 Å². The molecule has 0 aliphatic carbocycles. The second-order valence-corrected chi connectivity index (χ2v) is 14.5. The first-order valence-electron chi connectivity index (χ1n) is 16.6. The van der Waals surface area contributed by atoms with Crippen molar-refractivity contribution in [2.24, 2.45) is 0 Å². The van der Waals surface area contributed by atoms with Crippen LogP contribution in [0.25, 0.3) is 28.4 Å². The molecule has 2 aromatic heterocycles. The van der Waals surface area contributed by atoms with Crippen molar-refractivity contribution in [3.05, 3.63) is 77.5 Å². The van der Waals surface area contributed by atoms with E-state index < -0.39 is 11.2 Å². The maximum atomic E-state index is 12.8. The Bertz CT molecular complexity index is 1760. The van der Waals surface area contributed by atoms with Crippen molar-refractivity contribution in [2.75, 3.05) is 13.1 Å². The van der Waals surface area contributed by atoms with Gasteiger partial charge < -0.3 is 19.4 Å². The van der Waals surface area contributed by atoms with Gasteiger partial charge in [-0.25, -0.2) is 19.6 Å². The lowest BCUT2D eigenvalue weighted by Gasteiger charge is -2.27. The van der Waals surface area contributed by atoms with E-state index in [1.807, 2.05) is 53.8 Å². The molecule has 4 heterocycles. The normalized spacial score (nSPS) is 18.9. The summed E-state index contributed by atoms with van der Waals surface area (Å²) in [5, 5.41) is 0. The molecule has 0 spiro atoms. The quantitative estimate of drug-likeness (QED) is 0.219. The van der Waals surface area contributed by atoms with Crippen LogP contribution in [-0.2, 0) is 15.9 Å². The van der Waals surface area contributed by atoms with E-state index in [1.165, 1.54) is 5.56 Å². The number of H-pyrrole nitrogens is 2. The fraction of sp³-hybridized carbons (Fsp3) is 0.459. The molecule has 10 nitrogen and oxygen atoms in total. The highest BCUT2D eigenvalue weighted by Gasteiger charge is 2.36. The van der Waals surface area contributed by atoms with Crippen molar-refractivity contribution in [1.82, 2.24) is 29.7 Å². The summed E-state index contributed by atoms with van der Waals surface area (Å²) in [6.45, 7) is 12.7. The first-order chi connectivity index (χ1) is 22.3. The number of aromatic amines is 2. The average Bonchev–Trinajstić information content (AvgIpc) is 3.81. The largest absolute Gasteiger partial charge is 0.444 e. The summed E-state index contributed by atoms with van der Waals surface area (Å²) in [7, 11) is 0. The predicted octanol–water partition coefficient (Wildman–Crippen LogP) is 8.35. The lowest BCUT2D eigenvalue weighted by Crippen LogP contribution is -2.36. The standard InChI is InChI=1S/C37H46N6O4/c1-36(2,3)46-34(44)42-20-8-12-30(42)32-38-23-29(41-32)26-17-14-24(15-18-26)10-7-11-25-16-19-27-28(22-25)40-33(39-27)31-13-9-21-43(31)35(45)47-37(4,5)6/h7,11,14-19,22-23,30-31H,8-10,12-13,20-21H2,1-6H3,(H,38,41)(H,39,40)/t30?,31-/m0/s1. The third kappa shape index (κ3) is 7.69. The molecular formula is C37H46N6O4. The second-order valence-electron chi connectivity index (χ2n) is 14.5. The topological polar surface area (TPSA) is 116 Å². The molecule has 0 bridgehead atoms. The van der Waals surface area contributed by atoms with Gasteiger partial charge in [-0.15, -0.1) is 0 Å². The van der Waals surface area contributed by atoms with Crippen LogP contribution in [0.1, 0.15) is 102 Å². The number of carbonyl (C=O) groups excluding carboxylic acids is 2. The van der Waals surface area contributed by atoms with Gasteiger partial charge in [0.05, 0.1) is 35.0 Å². The summed E-state index contributed by atoms with van der Waals surface area (Å²) >= 11 is 0. The Balaban J connectivity index is 1.07. The Morgan fingerprint density at radius 2 is 1.47 bits per heavy atom. The molecule has 0 saturated carbocycles. The Hall–Kier alpha value is -4.60. The molecule has 2 atom stereocenters. The summed E-state index contributed by atoms with van der Waals surface area (Å²) < 4.78 is 11.3. The fourth-order valence-corrected chi connectivity index (χ4v) is 6.29. The first-order valence-corrected chi connectivity index (χ1v) is 16.6. The minimum Gasteiger partial charge on any atom is -0.444 e. The number of rotatable bonds is 6. The zero-order valence-corrected chi connectivity index (χ0v) is 28.3. The highest BCUT2D eigenvalue weighted by atomic mass is 16.6. The maximum absolute atomic E-state index is 12.8. The minimum atomic E-state index is -0.533. The molecule has 248 valence electrons. The molecule has 6 rings (SSSR count). The van der Waals surface area contributed by atoms with E-state index in [-0.39, 0.29) is 24.3 Å². The van der Waals surface area contributed by atoms with Gasteiger partial charge in [-0.3, -0.25) is 9.80 Å². The number of likely N-dealkylation sites (tertiary alicyclic amines) is 2. The number of amides is 2. The van der Waals surface area contributed by atoms with E-state index >= 15 is 0 Å². The number of nitrogens with zero attached hydrogens (tertiary/aromatic N) is 4. The summed E-state index contributed by atoms with van der Waals surface area (Å²) in [4.78, 5) is 45.5. The van der Waals surface area contributed by atoms with Gasteiger partial charge in [0.25, 0.3) is 0 Å². The van der Waals surface area contributed by atoms with Crippen LogP contribution in [0, 0.1) is 0 Å². The van der Waals surface area contributed by atoms with E-state index in [0.717, 1.165) is 71.6 Å². The molecule has 47 heavy (non-hydrogen) atoms. The third-order valence-electron chi connectivity index (χ3n) is 8.44. The Kier molecular flexibility index (Phi) is 8.87. The molecule has 10 heteroatoms. The number of allylic oxidation sites excluding steroid dienone is 1. The number of benzene rings is 2. The average molecular weight is 639 g/mol. The van der Waals surface area contributed by atoms with Crippen molar-refractivity contribution in [2.45, 2.75) is 96.9 Å². The SMILES string of the molecule is CC(C)(C)OC(=O)N1CCCC1c1ncc(-c2ccc(CC=Cc3ccc4[nH]c([C@@H]5CCCN5C(=O)OC(C)(C)C)nc4c3)cc2)[nH]1. The second kappa shape index (κ2) is 12.9. The summed E-state index contributed by atoms with van der Waals surface area (Å²) in [6, 6.07) is 14.4. The molecule has 0 radical (unpaired) electrons. The Morgan fingerprint density at radius 1 is 0.851 bits per heavy atom. The monoisotopic (exact) mass is 638 g/mol. The van der Waals surface area contributed by atoms with E-state index in [1.54, 1.807) is 9.80 Å². The van der Waals surface area contributed by atoms with Crippen molar-refractivity contribution in [3.63, 3.8) is 0 Å². The number of imidazole rings is 2. The predicted molar refractivity (Wildman–Crippen MR) is 183 cm³/mol. The van der Waals surface area contributed by atoms with E-state index in [2.05, 4.69) is 63.5 Å². The summed E-state index contributed by atoms with van der Waals surface area (Å²) in [5.74, 6) is 1.59. The molecule has 4 aromatic rings. The number of ether oxygens (including phenoxy) is 2. The number of carbonyl (C=O) groups is 2. The third-order valence-corrected chi connectivity index (χ3v) is 8.44. The molecule has 2 fully saturated rings.